The lowest BCUT2D eigenvalue weighted by atomic mass is 9.81. The van der Waals surface area contributed by atoms with Crippen molar-refractivity contribution < 1.29 is 0 Å². The zero-order valence-electron chi connectivity index (χ0n) is 28.5. The zero-order valence-corrected chi connectivity index (χ0v) is 28.5. The van der Waals surface area contributed by atoms with Crippen molar-refractivity contribution >= 4 is 65.4 Å². The predicted octanol–water partition coefficient (Wildman–Crippen LogP) is 13.0. The average Bonchev–Trinajstić information content (AvgIpc) is 3.50. The van der Waals surface area contributed by atoms with Gasteiger partial charge >= 0.3 is 0 Å². The van der Waals surface area contributed by atoms with Gasteiger partial charge < -0.3 is 4.57 Å². The zero-order chi connectivity index (χ0) is 33.9. The summed E-state index contributed by atoms with van der Waals surface area (Å²) in [6, 6.07) is 57.3. The van der Waals surface area contributed by atoms with Crippen LogP contribution in [-0.4, -0.2) is 14.5 Å². The molecule has 3 heteroatoms. The molecule has 0 aliphatic carbocycles. The first kappa shape index (κ1) is 29.6. The van der Waals surface area contributed by atoms with Gasteiger partial charge in [-0.25, -0.2) is 9.97 Å². The van der Waals surface area contributed by atoms with Crippen molar-refractivity contribution in [1.82, 2.24) is 14.5 Å². The first-order valence-corrected chi connectivity index (χ1v) is 18.0. The minimum absolute atomic E-state index is 0.908. The van der Waals surface area contributed by atoms with E-state index in [-0.39, 0.29) is 0 Å². The summed E-state index contributed by atoms with van der Waals surface area (Å²) in [5.41, 5.74) is 12.2. The highest BCUT2D eigenvalue weighted by Gasteiger charge is 2.23. The molecular weight excluding hydrogens is 619 g/mol. The van der Waals surface area contributed by atoms with Crippen molar-refractivity contribution in [2.45, 2.75) is 26.3 Å². The number of rotatable bonds is 6. The molecule has 0 fully saturated rings. The van der Waals surface area contributed by atoms with Gasteiger partial charge in [-0.05, 0) is 102 Å². The number of para-hydroxylation sites is 2. The van der Waals surface area contributed by atoms with E-state index < -0.39 is 0 Å². The van der Waals surface area contributed by atoms with E-state index in [2.05, 4.69) is 157 Å². The lowest BCUT2D eigenvalue weighted by molar-refractivity contribution is 0.661. The van der Waals surface area contributed by atoms with Gasteiger partial charge in [0.15, 0.2) is 5.65 Å². The molecule has 0 unspecified atom stereocenters. The second kappa shape index (κ2) is 11.9. The Morgan fingerprint density at radius 3 is 1.75 bits per heavy atom. The Morgan fingerprint density at radius 1 is 0.471 bits per heavy atom. The molecule has 10 rings (SSSR count). The Labute approximate surface area is 296 Å². The molecule has 0 aliphatic rings. The number of hydrogen-bond donors (Lipinski definition) is 0. The minimum atomic E-state index is 0.908. The van der Waals surface area contributed by atoms with Crippen molar-refractivity contribution in [3.05, 3.63) is 158 Å². The van der Waals surface area contributed by atoms with Crippen LogP contribution in [0.1, 0.15) is 19.8 Å². The molecule has 51 heavy (non-hydrogen) atoms. The quantitative estimate of drug-likeness (QED) is 0.167. The van der Waals surface area contributed by atoms with E-state index in [0.29, 0.717) is 0 Å². The van der Waals surface area contributed by atoms with Crippen molar-refractivity contribution in [2.24, 2.45) is 0 Å². The normalized spacial score (nSPS) is 11.9. The van der Waals surface area contributed by atoms with Gasteiger partial charge in [-0.15, -0.1) is 0 Å². The number of benzene rings is 8. The highest BCUT2D eigenvalue weighted by molar-refractivity contribution is 6.33. The van der Waals surface area contributed by atoms with Crippen LogP contribution in [-0.2, 0) is 6.54 Å². The van der Waals surface area contributed by atoms with Gasteiger partial charge in [0, 0.05) is 11.9 Å². The molecule has 0 aliphatic heterocycles. The van der Waals surface area contributed by atoms with Crippen molar-refractivity contribution in [2.75, 3.05) is 0 Å². The lowest BCUT2D eigenvalue weighted by Gasteiger charge is -2.22. The summed E-state index contributed by atoms with van der Waals surface area (Å²) in [6.45, 7) is 3.15. The third kappa shape index (κ3) is 4.65. The van der Waals surface area contributed by atoms with Gasteiger partial charge in [0.05, 0.1) is 16.6 Å². The van der Waals surface area contributed by atoms with Crippen LogP contribution in [0.25, 0.3) is 98.8 Å². The number of aryl methyl sites for hydroxylation is 1. The molecule has 0 N–H and O–H groups in total. The van der Waals surface area contributed by atoms with Crippen LogP contribution in [0.3, 0.4) is 0 Å². The first-order chi connectivity index (χ1) is 25.3. The van der Waals surface area contributed by atoms with Gasteiger partial charge in [0.1, 0.15) is 5.52 Å². The van der Waals surface area contributed by atoms with E-state index in [0.717, 1.165) is 47.0 Å². The van der Waals surface area contributed by atoms with E-state index in [4.69, 9.17) is 9.97 Å². The molecule has 3 nitrogen and oxygen atoms in total. The molecule has 8 aromatic carbocycles. The Morgan fingerprint density at radius 2 is 1.06 bits per heavy atom. The molecule has 0 saturated heterocycles. The number of unbranched alkanes of at least 4 members (excludes halogenated alkanes) is 1. The van der Waals surface area contributed by atoms with E-state index in [9.17, 15) is 0 Å². The van der Waals surface area contributed by atoms with Crippen LogP contribution in [0.15, 0.2) is 158 Å². The van der Waals surface area contributed by atoms with Crippen LogP contribution in [0.2, 0.25) is 0 Å². The lowest BCUT2D eigenvalue weighted by Crippen LogP contribution is -1.99. The van der Waals surface area contributed by atoms with E-state index in [1.54, 1.807) is 0 Å². The van der Waals surface area contributed by atoms with Gasteiger partial charge in [0.2, 0.25) is 0 Å². The highest BCUT2D eigenvalue weighted by Crippen LogP contribution is 2.49. The summed E-state index contributed by atoms with van der Waals surface area (Å²) >= 11 is 0. The largest absolute Gasteiger partial charge is 0.324 e. The standard InChI is InChI=1S/C48H35N3/c1-2-3-28-51-43-27-26-33(29-40(43)47-48(51)50-42-25-15-14-24-41(42)49-47)39-30-38(31-16-6-4-7-17-31)45-36-22-12-10-20-34(36)35-21-11-13-23-37(35)46(45)44(39)32-18-8-5-9-19-32/h4-27,29-30H,2-3,28H2,1H3. The maximum absolute atomic E-state index is 5.26. The molecule has 0 radical (unpaired) electrons. The summed E-state index contributed by atoms with van der Waals surface area (Å²) in [4.78, 5) is 10.5. The number of fused-ring (bicyclic) bond motifs is 10. The SMILES string of the molecule is CCCCn1c2ccc(-c3cc(-c4ccccc4)c4c5ccccc5c5ccccc5c4c3-c3ccccc3)cc2c2nc3ccccc3nc21. The van der Waals surface area contributed by atoms with Crippen molar-refractivity contribution in [3.8, 4) is 33.4 Å². The van der Waals surface area contributed by atoms with Gasteiger partial charge in [-0.1, -0.05) is 141 Å². The average molecular weight is 654 g/mol. The second-order valence-corrected chi connectivity index (χ2v) is 13.5. The Balaban J connectivity index is 1.39. The van der Waals surface area contributed by atoms with Crippen LogP contribution >= 0.6 is 0 Å². The molecule has 2 aromatic heterocycles. The van der Waals surface area contributed by atoms with Crippen LogP contribution < -0.4 is 0 Å². The maximum Gasteiger partial charge on any atom is 0.160 e. The topological polar surface area (TPSA) is 30.7 Å². The second-order valence-electron chi connectivity index (χ2n) is 13.5. The fraction of sp³-hybridized carbons (Fsp3) is 0.0833. The molecule has 0 saturated carbocycles. The van der Waals surface area contributed by atoms with E-state index in [1.807, 2.05) is 12.1 Å². The van der Waals surface area contributed by atoms with Crippen LogP contribution in [0.5, 0.6) is 0 Å². The summed E-state index contributed by atoms with van der Waals surface area (Å²) in [7, 11) is 0. The molecule has 10 aromatic rings. The number of aromatic nitrogens is 3. The summed E-state index contributed by atoms with van der Waals surface area (Å²) in [5, 5.41) is 8.78. The van der Waals surface area contributed by atoms with E-state index >= 15 is 0 Å². The Kier molecular flexibility index (Phi) is 6.92. The summed E-state index contributed by atoms with van der Waals surface area (Å²) in [5.74, 6) is 0. The van der Waals surface area contributed by atoms with Gasteiger partial charge in [-0.3, -0.25) is 0 Å². The molecule has 2 heterocycles. The van der Waals surface area contributed by atoms with Crippen molar-refractivity contribution in [3.63, 3.8) is 0 Å². The monoisotopic (exact) mass is 653 g/mol. The molecule has 0 spiro atoms. The van der Waals surface area contributed by atoms with Gasteiger partial charge in [-0.2, -0.15) is 0 Å². The predicted molar refractivity (Wildman–Crippen MR) is 216 cm³/mol. The maximum atomic E-state index is 5.26. The molecule has 242 valence electrons. The summed E-state index contributed by atoms with van der Waals surface area (Å²) < 4.78 is 2.38. The fourth-order valence-corrected chi connectivity index (χ4v) is 8.23. The van der Waals surface area contributed by atoms with Gasteiger partial charge in [0.25, 0.3) is 0 Å². The third-order valence-corrected chi connectivity index (χ3v) is 10.6. The Bertz CT molecular complexity index is 2940. The number of nitrogens with zero attached hydrogens (tertiary/aromatic N) is 3. The number of hydrogen-bond acceptors (Lipinski definition) is 2. The Hall–Kier alpha value is -6.32. The molecule has 0 amide bonds. The smallest absolute Gasteiger partial charge is 0.160 e. The fourth-order valence-electron chi connectivity index (χ4n) is 8.23. The first-order valence-electron chi connectivity index (χ1n) is 18.0. The minimum Gasteiger partial charge on any atom is -0.324 e. The highest BCUT2D eigenvalue weighted by atomic mass is 15.1. The third-order valence-electron chi connectivity index (χ3n) is 10.6. The molecule has 0 atom stereocenters. The van der Waals surface area contributed by atoms with Crippen LogP contribution in [0, 0.1) is 0 Å². The van der Waals surface area contributed by atoms with E-state index in [1.165, 1.54) is 71.2 Å². The van der Waals surface area contributed by atoms with Crippen molar-refractivity contribution in [1.29, 1.82) is 0 Å². The molecule has 0 bridgehead atoms. The molecular formula is C48H35N3. The van der Waals surface area contributed by atoms with Crippen LogP contribution in [0.4, 0.5) is 0 Å². The summed E-state index contributed by atoms with van der Waals surface area (Å²) in [6.07, 6.45) is 2.20.